The minimum Gasteiger partial charge on any atom is -0.370 e. The average Bonchev–Trinajstić information content (AvgIpc) is 2.92. The first-order valence-electron chi connectivity index (χ1n) is 7.05. The highest BCUT2D eigenvalue weighted by Gasteiger charge is 2.02. The van der Waals surface area contributed by atoms with Crippen molar-refractivity contribution in [3.05, 3.63) is 59.5 Å². The smallest absolute Gasteiger partial charge is 0.193 e. The topological polar surface area (TPSA) is 80.6 Å². The summed E-state index contributed by atoms with van der Waals surface area (Å²) < 4.78 is 1.76. The van der Waals surface area contributed by atoms with Gasteiger partial charge in [0.05, 0.1) is 18.4 Å². The Hall–Kier alpha value is -2.16. The van der Waals surface area contributed by atoms with Gasteiger partial charge >= 0.3 is 0 Å². The van der Waals surface area contributed by atoms with Crippen LogP contribution in [0.25, 0.3) is 5.65 Å². The summed E-state index contributed by atoms with van der Waals surface area (Å²) in [6.07, 6.45) is 3.46. The molecule has 2 heterocycles. The van der Waals surface area contributed by atoms with E-state index in [9.17, 15) is 0 Å². The Kier molecular flexibility index (Phi) is 5.54. The Bertz CT molecular complexity index is 819. The summed E-state index contributed by atoms with van der Waals surface area (Å²) in [5, 5.41) is 7.35. The summed E-state index contributed by atoms with van der Waals surface area (Å²) >= 11 is 0. The number of nitrogens with zero attached hydrogens (tertiary/aromatic N) is 4. The second-order valence-corrected chi connectivity index (χ2v) is 5.24. The lowest BCUT2D eigenvalue weighted by atomic mass is 10.1. The van der Waals surface area contributed by atoms with Crippen LogP contribution >= 0.6 is 24.0 Å². The van der Waals surface area contributed by atoms with Crippen molar-refractivity contribution in [1.82, 2.24) is 14.6 Å². The molecule has 0 aliphatic carbocycles. The molecule has 0 aliphatic heterocycles. The van der Waals surface area contributed by atoms with E-state index in [0.29, 0.717) is 12.5 Å². The number of nitrogens with one attached hydrogen (secondary N) is 1. The minimum absolute atomic E-state index is 0. The number of aromatic nitrogens is 3. The van der Waals surface area contributed by atoms with Crippen LogP contribution in [-0.4, -0.2) is 20.6 Å². The van der Waals surface area contributed by atoms with E-state index in [0.717, 1.165) is 17.0 Å². The largest absolute Gasteiger partial charge is 0.370 e. The zero-order valence-corrected chi connectivity index (χ0v) is 15.4. The van der Waals surface area contributed by atoms with Crippen molar-refractivity contribution in [3.8, 4) is 0 Å². The van der Waals surface area contributed by atoms with Crippen LogP contribution in [0.5, 0.6) is 0 Å². The van der Waals surface area contributed by atoms with Gasteiger partial charge in [0.25, 0.3) is 0 Å². The van der Waals surface area contributed by atoms with E-state index in [2.05, 4.69) is 40.3 Å². The molecule has 1 aromatic carbocycles. The van der Waals surface area contributed by atoms with Crippen LogP contribution in [0.3, 0.4) is 0 Å². The van der Waals surface area contributed by atoms with Gasteiger partial charge in [-0.05, 0) is 43.2 Å². The van der Waals surface area contributed by atoms with Gasteiger partial charge in [0.2, 0.25) is 0 Å². The molecule has 0 saturated carbocycles. The van der Waals surface area contributed by atoms with E-state index in [1.54, 1.807) is 16.9 Å². The number of aryl methyl sites for hydroxylation is 2. The van der Waals surface area contributed by atoms with Crippen molar-refractivity contribution in [2.45, 2.75) is 20.4 Å². The standard InChI is InChI=1S/C16H18N6.HI/c1-11-7-12(2)9-13(8-11)21-16(17)19-10-14-3-5-18-15-4-6-20-22(14)15;/h3-9H,10H2,1-2H3,(H3,17,19,21);1H. The van der Waals surface area contributed by atoms with E-state index in [-0.39, 0.29) is 24.0 Å². The summed E-state index contributed by atoms with van der Waals surface area (Å²) in [7, 11) is 0. The molecule has 3 N–H and O–H groups in total. The van der Waals surface area contributed by atoms with Crippen LogP contribution in [0.15, 0.2) is 47.7 Å². The van der Waals surface area contributed by atoms with Gasteiger partial charge in [-0.25, -0.2) is 14.5 Å². The van der Waals surface area contributed by atoms with E-state index < -0.39 is 0 Å². The van der Waals surface area contributed by atoms with Gasteiger partial charge < -0.3 is 11.1 Å². The molecule has 6 nitrogen and oxygen atoms in total. The Morgan fingerprint density at radius 1 is 1.17 bits per heavy atom. The number of halogens is 1. The van der Waals surface area contributed by atoms with E-state index >= 15 is 0 Å². The van der Waals surface area contributed by atoms with Gasteiger partial charge in [0.1, 0.15) is 0 Å². The van der Waals surface area contributed by atoms with Crippen molar-refractivity contribution < 1.29 is 0 Å². The van der Waals surface area contributed by atoms with E-state index in [1.807, 2.05) is 24.3 Å². The summed E-state index contributed by atoms with van der Waals surface area (Å²) in [5.74, 6) is 0.377. The molecule has 120 valence electrons. The van der Waals surface area contributed by atoms with Gasteiger partial charge in [-0.15, -0.1) is 24.0 Å². The van der Waals surface area contributed by atoms with Crippen LogP contribution in [0.1, 0.15) is 16.8 Å². The normalized spacial score (nSPS) is 11.3. The maximum Gasteiger partial charge on any atom is 0.193 e. The average molecular weight is 422 g/mol. The highest BCUT2D eigenvalue weighted by Crippen LogP contribution is 2.13. The van der Waals surface area contributed by atoms with Crippen LogP contribution < -0.4 is 11.1 Å². The predicted octanol–water partition coefficient (Wildman–Crippen LogP) is 2.89. The molecule has 0 spiro atoms. The molecule has 7 heteroatoms. The zero-order valence-electron chi connectivity index (χ0n) is 13.0. The number of aliphatic imine (C=N–C) groups is 1. The summed E-state index contributed by atoms with van der Waals surface area (Å²) in [5.41, 5.74) is 11.0. The monoisotopic (exact) mass is 422 g/mol. The Morgan fingerprint density at radius 3 is 2.65 bits per heavy atom. The zero-order chi connectivity index (χ0) is 15.5. The first-order valence-corrected chi connectivity index (χ1v) is 7.05. The fraction of sp³-hybridized carbons (Fsp3) is 0.188. The van der Waals surface area contributed by atoms with Crippen LogP contribution in [0.2, 0.25) is 0 Å². The number of hydrogen-bond donors (Lipinski definition) is 2. The lowest BCUT2D eigenvalue weighted by Crippen LogP contribution is -2.23. The molecule has 0 radical (unpaired) electrons. The lowest BCUT2D eigenvalue weighted by Gasteiger charge is -2.08. The highest BCUT2D eigenvalue weighted by molar-refractivity contribution is 14.0. The van der Waals surface area contributed by atoms with Crippen LogP contribution in [0, 0.1) is 13.8 Å². The predicted molar refractivity (Wildman–Crippen MR) is 103 cm³/mol. The molecule has 0 saturated heterocycles. The molecule has 0 unspecified atom stereocenters. The molecule has 0 bridgehead atoms. The molecular formula is C16H19IN6. The maximum atomic E-state index is 5.97. The van der Waals surface area contributed by atoms with Gasteiger partial charge in [-0.3, -0.25) is 0 Å². The molecular weight excluding hydrogens is 403 g/mol. The maximum absolute atomic E-state index is 5.97. The first-order chi connectivity index (χ1) is 10.6. The molecule has 3 aromatic rings. The summed E-state index contributed by atoms with van der Waals surface area (Å²) in [6, 6.07) is 9.92. The Balaban J connectivity index is 0.00000192. The number of guanidine groups is 1. The van der Waals surface area contributed by atoms with Crippen molar-refractivity contribution in [1.29, 1.82) is 0 Å². The summed E-state index contributed by atoms with van der Waals surface area (Å²) in [4.78, 5) is 8.59. The molecule has 0 amide bonds. The number of fused-ring (bicyclic) bond motifs is 1. The molecule has 0 atom stereocenters. The third-order valence-electron chi connectivity index (χ3n) is 3.27. The molecule has 23 heavy (non-hydrogen) atoms. The van der Waals surface area contributed by atoms with Gasteiger partial charge in [-0.1, -0.05) is 6.07 Å². The third-order valence-corrected chi connectivity index (χ3v) is 3.27. The van der Waals surface area contributed by atoms with Crippen molar-refractivity contribution in [2.75, 3.05) is 5.32 Å². The fourth-order valence-electron chi connectivity index (χ4n) is 2.41. The Morgan fingerprint density at radius 2 is 1.91 bits per heavy atom. The number of nitrogens with two attached hydrogens (primary N) is 1. The lowest BCUT2D eigenvalue weighted by molar-refractivity contribution is 0.835. The van der Waals surface area contributed by atoms with E-state index in [4.69, 9.17) is 5.73 Å². The minimum atomic E-state index is 0. The molecule has 3 rings (SSSR count). The fourth-order valence-corrected chi connectivity index (χ4v) is 2.41. The number of benzene rings is 1. The molecule has 0 fully saturated rings. The van der Waals surface area contributed by atoms with Gasteiger partial charge in [0.15, 0.2) is 11.6 Å². The van der Waals surface area contributed by atoms with Crippen LogP contribution in [0.4, 0.5) is 5.69 Å². The molecule has 0 aliphatic rings. The quantitative estimate of drug-likeness (QED) is 0.387. The Labute approximate surface area is 151 Å². The van der Waals surface area contributed by atoms with Crippen molar-refractivity contribution in [2.24, 2.45) is 10.7 Å². The number of anilines is 1. The number of rotatable bonds is 3. The second-order valence-electron chi connectivity index (χ2n) is 5.24. The molecule has 2 aromatic heterocycles. The van der Waals surface area contributed by atoms with Crippen LogP contribution in [-0.2, 0) is 6.54 Å². The van der Waals surface area contributed by atoms with E-state index in [1.165, 1.54) is 11.1 Å². The summed E-state index contributed by atoms with van der Waals surface area (Å²) in [6.45, 7) is 4.54. The first kappa shape index (κ1) is 17.2. The SMILES string of the molecule is Cc1cc(C)cc(NC(N)=NCc2ccnc3ccnn23)c1.I. The number of hydrogen-bond acceptors (Lipinski definition) is 3. The van der Waals surface area contributed by atoms with Gasteiger partial charge in [0, 0.05) is 18.0 Å². The van der Waals surface area contributed by atoms with Gasteiger partial charge in [-0.2, -0.15) is 5.10 Å². The second kappa shape index (κ2) is 7.40. The third kappa shape index (κ3) is 4.19. The highest BCUT2D eigenvalue weighted by atomic mass is 127. The van der Waals surface area contributed by atoms with Crippen molar-refractivity contribution in [3.63, 3.8) is 0 Å². The van der Waals surface area contributed by atoms with Crippen molar-refractivity contribution >= 4 is 41.3 Å².